The molecule has 0 aromatic heterocycles. The summed E-state index contributed by atoms with van der Waals surface area (Å²) in [7, 11) is 1.31. The summed E-state index contributed by atoms with van der Waals surface area (Å²) >= 11 is 0. The van der Waals surface area contributed by atoms with Gasteiger partial charge < -0.3 is 5.32 Å². The zero-order valence-electron chi connectivity index (χ0n) is 8.65. The number of hydrogen-bond acceptors (Lipinski definition) is 0. The molecule has 0 spiro atoms. The number of halogens is 6. The summed E-state index contributed by atoms with van der Waals surface area (Å²) in [6, 6.07) is 1.43. The van der Waals surface area contributed by atoms with Crippen LogP contribution in [0.3, 0.4) is 0 Å². The van der Waals surface area contributed by atoms with Gasteiger partial charge in [-0.1, -0.05) is 5.56 Å². The maximum atomic E-state index is 12.4. The molecular formula is C10H8F6N-. The average molecular weight is 256 g/mol. The van der Waals surface area contributed by atoms with Crippen LogP contribution in [0.4, 0.5) is 26.3 Å². The third-order valence-corrected chi connectivity index (χ3v) is 1.99. The highest BCUT2D eigenvalue weighted by Gasteiger charge is 2.36. The van der Waals surface area contributed by atoms with Crippen LogP contribution >= 0.6 is 0 Å². The lowest BCUT2D eigenvalue weighted by atomic mass is 10.0. The second-order valence-electron chi connectivity index (χ2n) is 3.39. The Kier molecular flexibility index (Phi) is 3.71. The van der Waals surface area contributed by atoms with Gasteiger partial charge in [-0.05, 0) is 18.2 Å². The third-order valence-electron chi connectivity index (χ3n) is 1.99. The first-order valence-corrected chi connectivity index (χ1v) is 4.48. The van der Waals surface area contributed by atoms with Gasteiger partial charge in [-0.25, -0.2) is 0 Å². The summed E-state index contributed by atoms with van der Waals surface area (Å²) in [6.45, 7) is -0.188. The molecule has 0 atom stereocenters. The zero-order chi connectivity index (χ0) is 13.3. The maximum absolute atomic E-state index is 12.4. The van der Waals surface area contributed by atoms with E-state index >= 15 is 0 Å². The number of nitrogens with zero attached hydrogens (tertiary/aromatic N) is 1. The van der Waals surface area contributed by atoms with E-state index in [1.165, 1.54) is 7.05 Å². The smallest absolute Gasteiger partial charge is 0.416 e. The van der Waals surface area contributed by atoms with E-state index in [0.717, 1.165) is 0 Å². The Morgan fingerprint density at radius 3 is 1.59 bits per heavy atom. The number of rotatable bonds is 2. The molecular weight excluding hydrogens is 248 g/mol. The van der Waals surface area contributed by atoms with Crippen molar-refractivity contribution in [2.24, 2.45) is 0 Å². The largest absolute Gasteiger partial charge is 0.661 e. The fraction of sp³-hybridized carbons (Fsp3) is 0.400. The Balaban J connectivity index is 3.29. The van der Waals surface area contributed by atoms with Crippen LogP contribution in [-0.4, -0.2) is 7.05 Å². The Bertz CT molecular complexity index is 361. The summed E-state index contributed by atoms with van der Waals surface area (Å²) < 4.78 is 74.3. The number of hydrogen-bond donors (Lipinski definition) is 0. The first kappa shape index (κ1) is 13.8. The van der Waals surface area contributed by atoms with Crippen molar-refractivity contribution in [1.82, 2.24) is 0 Å². The van der Waals surface area contributed by atoms with E-state index in [-0.39, 0.29) is 18.2 Å². The molecule has 0 saturated heterocycles. The van der Waals surface area contributed by atoms with Crippen LogP contribution in [0.2, 0.25) is 0 Å². The lowest BCUT2D eigenvalue weighted by Gasteiger charge is -2.17. The maximum Gasteiger partial charge on any atom is 0.416 e. The summed E-state index contributed by atoms with van der Waals surface area (Å²) in [5.74, 6) is 0. The lowest BCUT2D eigenvalue weighted by molar-refractivity contribution is -0.143. The van der Waals surface area contributed by atoms with Crippen molar-refractivity contribution in [2.45, 2.75) is 18.9 Å². The lowest BCUT2D eigenvalue weighted by Crippen LogP contribution is -2.11. The molecule has 1 aromatic rings. The fourth-order valence-electron chi connectivity index (χ4n) is 1.29. The molecule has 1 rings (SSSR count). The highest BCUT2D eigenvalue weighted by Crippen LogP contribution is 2.36. The Morgan fingerprint density at radius 2 is 1.29 bits per heavy atom. The molecule has 17 heavy (non-hydrogen) atoms. The van der Waals surface area contributed by atoms with Crippen LogP contribution in [0.15, 0.2) is 18.2 Å². The predicted molar refractivity (Wildman–Crippen MR) is 49.4 cm³/mol. The minimum Gasteiger partial charge on any atom is -0.661 e. The summed E-state index contributed by atoms with van der Waals surface area (Å²) in [5.41, 5.74) is -2.74. The van der Waals surface area contributed by atoms with Gasteiger partial charge >= 0.3 is 12.4 Å². The molecule has 1 nitrogen and oxygen atoms in total. The second-order valence-corrected chi connectivity index (χ2v) is 3.39. The Morgan fingerprint density at radius 1 is 0.882 bits per heavy atom. The highest BCUT2D eigenvalue weighted by atomic mass is 19.4. The Labute approximate surface area is 93.4 Å². The van der Waals surface area contributed by atoms with Crippen LogP contribution in [0.1, 0.15) is 16.7 Å². The highest BCUT2D eigenvalue weighted by molar-refractivity contribution is 5.34. The molecule has 0 aliphatic heterocycles. The van der Waals surface area contributed by atoms with Gasteiger partial charge in [-0.15, -0.1) is 6.54 Å². The molecule has 0 aliphatic rings. The molecule has 96 valence electrons. The van der Waals surface area contributed by atoms with Gasteiger partial charge in [0.1, 0.15) is 0 Å². The molecule has 0 fully saturated rings. The number of alkyl halides is 6. The minimum atomic E-state index is -4.80. The first-order chi connectivity index (χ1) is 7.64. The molecule has 0 unspecified atom stereocenters. The van der Waals surface area contributed by atoms with Crippen LogP contribution < -0.4 is 0 Å². The summed E-state index contributed by atoms with van der Waals surface area (Å²) in [5, 5.41) is 3.52. The van der Waals surface area contributed by atoms with Crippen molar-refractivity contribution in [3.05, 3.63) is 40.2 Å². The number of benzene rings is 1. The van der Waals surface area contributed by atoms with E-state index < -0.39 is 23.5 Å². The van der Waals surface area contributed by atoms with Gasteiger partial charge in [0.2, 0.25) is 0 Å². The molecule has 0 heterocycles. The van der Waals surface area contributed by atoms with Crippen LogP contribution in [-0.2, 0) is 18.9 Å². The van der Waals surface area contributed by atoms with Gasteiger partial charge in [0.25, 0.3) is 0 Å². The van der Waals surface area contributed by atoms with Gasteiger partial charge in [0.05, 0.1) is 11.1 Å². The van der Waals surface area contributed by atoms with Crippen LogP contribution in [0, 0.1) is 0 Å². The Hall–Kier alpha value is -1.24. The topological polar surface area (TPSA) is 14.1 Å². The fourth-order valence-corrected chi connectivity index (χ4v) is 1.29. The van der Waals surface area contributed by atoms with Crippen molar-refractivity contribution >= 4 is 0 Å². The monoisotopic (exact) mass is 256 g/mol. The zero-order valence-corrected chi connectivity index (χ0v) is 8.65. The van der Waals surface area contributed by atoms with Gasteiger partial charge in [-0.3, -0.25) is 0 Å². The van der Waals surface area contributed by atoms with Gasteiger partial charge in [-0.2, -0.15) is 33.4 Å². The predicted octanol–water partition coefficient (Wildman–Crippen LogP) is 4.23. The van der Waals surface area contributed by atoms with Crippen LogP contribution in [0.25, 0.3) is 5.32 Å². The van der Waals surface area contributed by atoms with Crippen LogP contribution in [0.5, 0.6) is 0 Å². The molecule has 0 aliphatic carbocycles. The molecule has 0 amide bonds. The van der Waals surface area contributed by atoms with Crippen molar-refractivity contribution in [3.8, 4) is 0 Å². The summed E-state index contributed by atoms with van der Waals surface area (Å²) in [6.07, 6.45) is -9.60. The molecule has 0 radical (unpaired) electrons. The van der Waals surface area contributed by atoms with E-state index in [1.54, 1.807) is 0 Å². The minimum absolute atomic E-state index is 0.0964. The van der Waals surface area contributed by atoms with Crippen molar-refractivity contribution in [1.29, 1.82) is 0 Å². The summed E-state index contributed by atoms with van der Waals surface area (Å²) in [4.78, 5) is 0. The average Bonchev–Trinajstić information content (AvgIpc) is 2.15. The van der Waals surface area contributed by atoms with E-state index in [9.17, 15) is 26.3 Å². The molecule has 1 aromatic carbocycles. The van der Waals surface area contributed by atoms with E-state index in [0.29, 0.717) is 12.1 Å². The second kappa shape index (κ2) is 4.56. The van der Waals surface area contributed by atoms with E-state index in [4.69, 9.17) is 0 Å². The quantitative estimate of drug-likeness (QED) is 0.703. The molecule has 0 N–H and O–H groups in total. The standard InChI is InChI=1S/C10H8F6N/c1-17-5-6-2-7(9(11,12)13)4-8(3-6)10(14,15)16/h2-4H,5H2,1H3/q-1. The van der Waals surface area contributed by atoms with Gasteiger partial charge in [0.15, 0.2) is 0 Å². The molecule has 0 bridgehead atoms. The van der Waals surface area contributed by atoms with Crippen molar-refractivity contribution in [2.75, 3.05) is 7.05 Å². The first-order valence-electron chi connectivity index (χ1n) is 4.48. The third kappa shape index (κ3) is 3.62. The van der Waals surface area contributed by atoms with Crippen molar-refractivity contribution < 1.29 is 26.3 Å². The molecule has 0 saturated carbocycles. The van der Waals surface area contributed by atoms with E-state index in [1.807, 2.05) is 0 Å². The normalized spacial score (nSPS) is 12.9. The van der Waals surface area contributed by atoms with E-state index in [2.05, 4.69) is 5.32 Å². The van der Waals surface area contributed by atoms with Gasteiger partial charge in [0, 0.05) is 0 Å². The molecule has 7 heteroatoms. The van der Waals surface area contributed by atoms with Crippen molar-refractivity contribution in [3.63, 3.8) is 0 Å². The SMILES string of the molecule is C[N-]Cc1cc(C(F)(F)F)cc(C(F)(F)F)c1.